The summed E-state index contributed by atoms with van der Waals surface area (Å²) < 4.78 is 0. The standard InChI is InChI=1S/C37H59N3O4/c1-13-36(9,10)37(11,12)34(44)39-32(35(6,7)8)33(43)40-23-29(41)22-30(40)31(42)17-15-16-24(3)27-18-20-28(21-19-27)25(4)26(5)38-14-2/h14,18-21,24,29-30,32,41H,13,15-17,22-23H2,1-12H3,(H,39,44)/b26-25+,38-14?/t24-,29-,30+,32-/m1/s1. The third-order valence-electron chi connectivity index (χ3n) is 10.3. The van der Waals surface area contributed by atoms with Gasteiger partial charge in [-0.25, -0.2) is 0 Å². The van der Waals surface area contributed by atoms with E-state index in [0.717, 1.165) is 29.7 Å². The molecule has 1 aliphatic heterocycles. The van der Waals surface area contributed by atoms with Crippen molar-refractivity contribution < 1.29 is 19.5 Å². The summed E-state index contributed by atoms with van der Waals surface area (Å²) in [6, 6.07) is 7.04. The van der Waals surface area contributed by atoms with E-state index in [1.54, 1.807) is 6.21 Å². The number of hydrogen-bond donors (Lipinski definition) is 2. The van der Waals surface area contributed by atoms with Gasteiger partial charge in [0.05, 0.1) is 12.1 Å². The highest BCUT2D eigenvalue weighted by molar-refractivity contribution is 5.94. The molecule has 2 N–H and O–H groups in total. The van der Waals surface area contributed by atoms with E-state index in [-0.39, 0.29) is 41.9 Å². The van der Waals surface area contributed by atoms with E-state index in [4.69, 9.17) is 0 Å². The molecule has 246 valence electrons. The molecule has 44 heavy (non-hydrogen) atoms. The number of amides is 2. The Kier molecular flexibility index (Phi) is 12.7. The van der Waals surface area contributed by atoms with Crippen LogP contribution >= 0.6 is 0 Å². The lowest BCUT2D eigenvalue weighted by molar-refractivity contribution is -0.147. The van der Waals surface area contributed by atoms with Crippen LogP contribution < -0.4 is 5.32 Å². The van der Waals surface area contributed by atoms with Gasteiger partial charge in [-0.05, 0) is 73.5 Å². The van der Waals surface area contributed by atoms with Gasteiger partial charge >= 0.3 is 0 Å². The Morgan fingerprint density at radius 1 is 1.07 bits per heavy atom. The smallest absolute Gasteiger partial charge is 0.246 e. The van der Waals surface area contributed by atoms with Crippen LogP contribution in [0.25, 0.3) is 5.57 Å². The number of aliphatic imine (C=N–C) groups is 1. The predicted octanol–water partition coefficient (Wildman–Crippen LogP) is 7.33. The molecule has 2 rings (SSSR count). The molecule has 0 aromatic heterocycles. The molecule has 1 aromatic rings. The zero-order valence-corrected chi connectivity index (χ0v) is 29.5. The molecule has 1 fully saturated rings. The summed E-state index contributed by atoms with van der Waals surface area (Å²) in [6.07, 6.45) is 3.95. The third-order valence-corrected chi connectivity index (χ3v) is 10.3. The number of allylic oxidation sites excluding steroid dienone is 2. The predicted molar refractivity (Wildman–Crippen MR) is 182 cm³/mol. The topological polar surface area (TPSA) is 99.1 Å². The summed E-state index contributed by atoms with van der Waals surface area (Å²) in [5, 5.41) is 13.6. The molecule has 1 aliphatic rings. The zero-order valence-electron chi connectivity index (χ0n) is 29.5. The molecule has 0 spiro atoms. The fourth-order valence-corrected chi connectivity index (χ4v) is 5.71. The molecular weight excluding hydrogens is 550 g/mol. The number of nitrogens with zero attached hydrogens (tertiary/aromatic N) is 2. The highest BCUT2D eigenvalue weighted by Gasteiger charge is 2.47. The van der Waals surface area contributed by atoms with E-state index in [2.05, 4.69) is 69.2 Å². The lowest BCUT2D eigenvalue weighted by Crippen LogP contribution is -2.59. The summed E-state index contributed by atoms with van der Waals surface area (Å²) in [5.41, 5.74) is 2.94. The van der Waals surface area contributed by atoms with Gasteiger partial charge in [0, 0.05) is 36.7 Å². The van der Waals surface area contributed by atoms with Gasteiger partial charge in [-0.1, -0.05) is 86.6 Å². The van der Waals surface area contributed by atoms with E-state index in [9.17, 15) is 19.5 Å². The second kappa shape index (κ2) is 15.0. The molecule has 7 nitrogen and oxygen atoms in total. The number of aliphatic hydroxyl groups excluding tert-OH is 1. The summed E-state index contributed by atoms with van der Waals surface area (Å²) >= 11 is 0. The van der Waals surface area contributed by atoms with Crippen molar-refractivity contribution in [1.82, 2.24) is 10.2 Å². The van der Waals surface area contributed by atoms with Gasteiger partial charge in [-0.2, -0.15) is 0 Å². The van der Waals surface area contributed by atoms with Gasteiger partial charge in [0.2, 0.25) is 11.8 Å². The second-order valence-corrected chi connectivity index (χ2v) is 15.0. The number of aliphatic hydroxyl groups is 1. The van der Waals surface area contributed by atoms with Gasteiger partial charge in [-0.3, -0.25) is 19.4 Å². The average molecular weight is 610 g/mol. The normalized spacial score (nSPS) is 20.0. The summed E-state index contributed by atoms with van der Waals surface area (Å²) in [7, 11) is 0. The molecule has 0 saturated carbocycles. The van der Waals surface area contributed by atoms with Crippen LogP contribution in [-0.2, 0) is 14.4 Å². The average Bonchev–Trinajstić information content (AvgIpc) is 3.35. The first-order valence-corrected chi connectivity index (χ1v) is 16.4. The van der Waals surface area contributed by atoms with Crippen LogP contribution in [0.4, 0.5) is 0 Å². The van der Waals surface area contributed by atoms with Crippen LogP contribution in [-0.4, -0.2) is 58.6 Å². The van der Waals surface area contributed by atoms with Crippen molar-refractivity contribution in [3.8, 4) is 0 Å². The maximum absolute atomic E-state index is 14.0. The first-order chi connectivity index (χ1) is 20.3. The number of carbonyl (C=O) groups excluding carboxylic acids is 3. The van der Waals surface area contributed by atoms with Crippen molar-refractivity contribution in [2.75, 3.05) is 6.54 Å². The van der Waals surface area contributed by atoms with Gasteiger partial charge in [-0.15, -0.1) is 0 Å². The quantitative estimate of drug-likeness (QED) is 0.229. The molecule has 0 bridgehead atoms. The number of carbonyl (C=O) groups is 3. The van der Waals surface area contributed by atoms with Crippen molar-refractivity contribution in [1.29, 1.82) is 0 Å². The van der Waals surface area contributed by atoms with Crippen molar-refractivity contribution in [2.24, 2.45) is 21.2 Å². The van der Waals surface area contributed by atoms with Gasteiger partial charge in [0.15, 0.2) is 5.78 Å². The molecule has 1 aromatic carbocycles. The summed E-state index contributed by atoms with van der Waals surface area (Å²) in [5.74, 6) is -0.239. The minimum atomic E-state index is -0.818. The SMILES string of the molecule is CC=N/C(C)=C(\C)c1ccc([C@H](C)CCCC(=O)[C@@H]2C[C@@H](O)CN2C(=O)[C@@H](NC(=O)C(C)(C)C(C)(C)CC)C(C)(C)C)cc1. The number of hydrogen-bond acceptors (Lipinski definition) is 5. The molecule has 4 atom stereocenters. The van der Waals surface area contributed by atoms with E-state index in [1.807, 2.05) is 48.5 Å². The minimum absolute atomic E-state index is 0.0309. The van der Waals surface area contributed by atoms with Gasteiger partial charge < -0.3 is 15.3 Å². The van der Waals surface area contributed by atoms with Crippen LogP contribution in [0.1, 0.15) is 132 Å². The Morgan fingerprint density at radius 2 is 1.66 bits per heavy atom. The number of ketones is 1. The van der Waals surface area contributed by atoms with E-state index >= 15 is 0 Å². The Morgan fingerprint density at radius 3 is 2.18 bits per heavy atom. The number of β-amino-alcohol motifs (C(OH)–C–C–N with tert-alkyl or cyclic N) is 1. The lowest BCUT2D eigenvalue weighted by Gasteiger charge is -2.42. The van der Waals surface area contributed by atoms with Crippen molar-refractivity contribution in [3.63, 3.8) is 0 Å². The molecule has 0 radical (unpaired) electrons. The summed E-state index contributed by atoms with van der Waals surface area (Å²) in [6.45, 7) is 24.0. The van der Waals surface area contributed by atoms with E-state index in [0.29, 0.717) is 12.8 Å². The molecule has 7 heteroatoms. The number of benzene rings is 1. The lowest BCUT2D eigenvalue weighted by atomic mass is 9.65. The number of rotatable bonds is 13. The molecule has 1 saturated heterocycles. The summed E-state index contributed by atoms with van der Waals surface area (Å²) in [4.78, 5) is 46.9. The Hall–Kier alpha value is -2.80. The molecule has 0 unspecified atom stereocenters. The van der Waals surface area contributed by atoms with Gasteiger partial charge in [0.25, 0.3) is 0 Å². The monoisotopic (exact) mass is 609 g/mol. The van der Waals surface area contributed by atoms with Crippen LogP contribution in [0, 0.1) is 16.2 Å². The van der Waals surface area contributed by atoms with E-state index < -0.39 is 29.0 Å². The van der Waals surface area contributed by atoms with Crippen LogP contribution in [0.3, 0.4) is 0 Å². The fourth-order valence-electron chi connectivity index (χ4n) is 5.71. The zero-order chi connectivity index (χ0) is 33.6. The number of likely N-dealkylation sites (tertiary alicyclic amines) is 1. The highest BCUT2D eigenvalue weighted by Crippen LogP contribution is 2.42. The number of nitrogens with one attached hydrogen (secondary N) is 1. The Bertz CT molecular complexity index is 1220. The second-order valence-electron chi connectivity index (χ2n) is 15.0. The third kappa shape index (κ3) is 8.89. The maximum Gasteiger partial charge on any atom is 0.246 e. The molecule has 1 heterocycles. The van der Waals surface area contributed by atoms with Crippen LogP contribution in [0.2, 0.25) is 0 Å². The molecule has 2 amide bonds. The maximum atomic E-state index is 14.0. The van der Waals surface area contributed by atoms with Crippen molar-refractivity contribution in [2.45, 2.75) is 139 Å². The molecular formula is C37H59N3O4. The minimum Gasteiger partial charge on any atom is -0.391 e. The fraction of sp³-hybridized carbons (Fsp3) is 0.676. The van der Waals surface area contributed by atoms with Crippen molar-refractivity contribution >= 4 is 29.4 Å². The number of Topliss-reactive ketones (excluding diaryl/α,β-unsaturated/α-hetero) is 1. The van der Waals surface area contributed by atoms with Gasteiger partial charge in [0.1, 0.15) is 6.04 Å². The largest absolute Gasteiger partial charge is 0.391 e. The van der Waals surface area contributed by atoms with Crippen molar-refractivity contribution in [3.05, 3.63) is 41.1 Å². The van der Waals surface area contributed by atoms with Crippen LogP contribution in [0.15, 0.2) is 35.0 Å². The van der Waals surface area contributed by atoms with E-state index in [1.165, 1.54) is 10.5 Å². The van der Waals surface area contributed by atoms with Crippen LogP contribution in [0.5, 0.6) is 0 Å². The Labute approximate surface area is 267 Å². The first kappa shape index (κ1) is 37.4. The first-order valence-electron chi connectivity index (χ1n) is 16.4. The molecule has 0 aliphatic carbocycles. The Balaban J connectivity index is 2.10. The highest BCUT2D eigenvalue weighted by atomic mass is 16.3.